The lowest BCUT2D eigenvalue weighted by atomic mass is 9.92. The molecule has 0 spiro atoms. The van der Waals surface area contributed by atoms with Gasteiger partial charge >= 0.3 is 0 Å². The summed E-state index contributed by atoms with van der Waals surface area (Å²) in [5, 5.41) is 0. The molecule has 1 aliphatic heterocycles. The first-order chi connectivity index (χ1) is 9.20. The maximum absolute atomic E-state index is 12.1. The third-order valence-electron chi connectivity index (χ3n) is 3.60. The summed E-state index contributed by atoms with van der Waals surface area (Å²) in [6.45, 7) is 3.49. The molecule has 3 nitrogen and oxygen atoms in total. The van der Waals surface area contributed by atoms with E-state index in [9.17, 15) is 4.79 Å². The van der Waals surface area contributed by atoms with Crippen LogP contribution in [0.5, 0.6) is 0 Å². The van der Waals surface area contributed by atoms with E-state index in [0.717, 1.165) is 24.9 Å². The van der Waals surface area contributed by atoms with E-state index >= 15 is 0 Å². The van der Waals surface area contributed by atoms with Gasteiger partial charge in [0, 0.05) is 30.6 Å². The second-order valence-electron chi connectivity index (χ2n) is 5.13. The smallest absolute Gasteiger partial charge is 0.299 e. The maximum atomic E-state index is 12.1. The molecule has 1 aliphatic rings. The van der Waals surface area contributed by atoms with E-state index < -0.39 is 0 Å². The van der Waals surface area contributed by atoms with Crippen molar-refractivity contribution in [3.8, 4) is 11.8 Å². The Balaban J connectivity index is 2.05. The normalized spacial score (nSPS) is 22.5. The second-order valence-corrected chi connectivity index (χ2v) is 5.13. The van der Waals surface area contributed by atoms with Crippen molar-refractivity contribution in [1.82, 2.24) is 4.90 Å². The van der Waals surface area contributed by atoms with Crippen molar-refractivity contribution in [2.24, 2.45) is 11.7 Å². The van der Waals surface area contributed by atoms with Crippen molar-refractivity contribution in [1.29, 1.82) is 0 Å². The van der Waals surface area contributed by atoms with E-state index in [1.165, 1.54) is 0 Å². The first-order valence-electron chi connectivity index (χ1n) is 6.78. The van der Waals surface area contributed by atoms with Crippen LogP contribution in [0.25, 0.3) is 0 Å². The Morgan fingerprint density at radius 3 is 2.84 bits per heavy atom. The molecule has 1 fully saturated rings. The number of nitrogens with two attached hydrogens (primary N) is 1. The molecule has 0 bridgehead atoms. The zero-order valence-corrected chi connectivity index (χ0v) is 11.3. The summed E-state index contributed by atoms with van der Waals surface area (Å²) in [5.41, 5.74) is 6.63. The van der Waals surface area contributed by atoms with Crippen LogP contribution in [0.15, 0.2) is 30.3 Å². The molecule has 0 aliphatic carbocycles. The van der Waals surface area contributed by atoms with Crippen molar-refractivity contribution < 1.29 is 4.79 Å². The van der Waals surface area contributed by atoms with Gasteiger partial charge in [-0.15, -0.1) is 0 Å². The van der Waals surface area contributed by atoms with Gasteiger partial charge in [-0.1, -0.05) is 31.0 Å². The monoisotopic (exact) mass is 256 g/mol. The van der Waals surface area contributed by atoms with Crippen LogP contribution >= 0.6 is 0 Å². The van der Waals surface area contributed by atoms with Crippen LogP contribution in [-0.4, -0.2) is 29.9 Å². The molecule has 19 heavy (non-hydrogen) atoms. The summed E-state index contributed by atoms with van der Waals surface area (Å²) in [7, 11) is 0. The molecular weight excluding hydrogens is 236 g/mol. The third kappa shape index (κ3) is 3.59. The van der Waals surface area contributed by atoms with Gasteiger partial charge in [-0.2, -0.15) is 0 Å². The number of carbonyl (C=O) groups excluding carboxylic acids is 1. The fraction of sp³-hybridized carbons (Fsp3) is 0.438. The molecule has 1 aromatic rings. The van der Waals surface area contributed by atoms with Gasteiger partial charge in [0.1, 0.15) is 0 Å². The number of likely N-dealkylation sites (tertiary alicyclic amines) is 1. The van der Waals surface area contributed by atoms with E-state index in [1.54, 1.807) is 0 Å². The minimum Gasteiger partial charge on any atom is -0.328 e. The summed E-state index contributed by atoms with van der Waals surface area (Å²) in [5.74, 6) is 6.18. The van der Waals surface area contributed by atoms with Crippen LogP contribution in [0.1, 0.15) is 25.3 Å². The molecule has 1 saturated heterocycles. The molecule has 100 valence electrons. The first-order valence-corrected chi connectivity index (χ1v) is 6.78. The zero-order chi connectivity index (χ0) is 13.7. The number of carbonyl (C=O) groups is 1. The molecule has 3 heteroatoms. The fourth-order valence-electron chi connectivity index (χ4n) is 2.46. The van der Waals surface area contributed by atoms with Crippen molar-refractivity contribution in [3.63, 3.8) is 0 Å². The zero-order valence-electron chi connectivity index (χ0n) is 11.3. The summed E-state index contributed by atoms with van der Waals surface area (Å²) >= 11 is 0. The summed E-state index contributed by atoms with van der Waals surface area (Å²) in [6, 6.07) is 9.71. The van der Waals surface area contributed by atoms with E-state index in [4.69, 9.17) is 5.73 Å². The predicted molar refractivity (Wildman–Crippen MR) is 76.3 cm³/mol. The second kappa shape index (κ2) is 6.40. The number of hydrogen-bond donors (Lipinski definition) is 1. The van der Waals surface area contributed by atoms with Crippen LogP contribution in [-0.2, 0) is 4.79 Å². The van der Waals surface area contributed by atoms with Gasteiger partial charge in [-0.25, -0.2) is 0 Å². The number of benzene rings is 1. The number of amides is 1. The van der Waals surface area contributed by atoms with Crippen LogP contribution < -0.4 is 5.73 Å². The number of piperidine rings is 1. The average Bonchev–Trinajstić information content (AvgIpc) is 2.45. The first kappa shape index (κ1) is 13.6. The Labute approximate surface area is 114 Å². The molecular formula is C16H20N2O. The molecule has 1 amide bonds. The minimum absolute atomic E-state index is 0.105. The molecule has 0 saturated carbocycles. The van der Waals surface area contributed by atoms with Crippen LogP contribution in [0.4, 0.5) is 0 Å². The van der Waals surface area contributed by atoms with Gasteiger partial charge < -0.3 is 10.6 Å². The van der Waals surface area contributed by atoms with Gasteiger partial charge in [-0.05, 0) is 30.9 Å². The highest BCUT2D eigenvalue weighted by molar-refractivity contribution is 5.94. The predicted octanol–water partition coefficient (Wildman–Crippen LogP) is 1.62. The highest BCUT2D eigenvalue weighted by Crippen LogP contribution is 2.21. The minimum atomic E-state index is -0.105. The van der Waals surface area contributed by atoms with E-state index in [0.29, 0.717) is 12.5 Å². The Bertz CT molecular complexity index is 486. The Morgan fingerprint density at radius 1 is 1.42 bits per heavy atom. The van der Waals surface area contributed by atoms with E-state index in [1.807, 2.05) is 35.2 Å². The van der Waals surface area contributed by atoms with Crippen molar-refractivity contribution in [3.05, 3.63) is 35.9 Å². The summed E-state index contributed by atoms with van der Waals surface area (Å²) in [4.78, 5) is 14.0. The Morgan fingerprint density at radius 2 is 2.16 bits per heavy atom. The summed E-state index contributed by atoms with van der Waals surface area (Å²) in [6.07, 6.45) is 2.02. The lowest BCUT2D eigenvalue weighted by molar-refractivity contribution is -0.129. The SMILES string of the molecule is CC1CCN(C(=O)C#Cc2ccccc2)C(CN)C1. The molecule has 2 atom stereocenters. The number of nitrogens with zero attached hydrogens (tertiary/aromatic N) is 1. The van der Waals surface area contributed by atoms with Gasteiger partial charge in [0.25, 0.3) is 5.91 Å². The quantitative estimate of drug-likeness (QED) is 0.776. The van der Waals surface area contributed by atoms with Gasteiger partial charge in [0.05, 0.1) is 0 Å². The molecule has 0 aromatic heterocycles. The average molecular weight is 256 g/mol. The van der Waals surface area contributed by atoms with Crippen molar-refractivity contribution in [2.45, 2.75) is 25.8 Å². The largest absolute Gasteiger partial charge is 0.328 e. The lowest BCUT2D eigenvalue weighted by Crippen LogP contribution is -2.48. The highest BCUT2D eigenvalue weighted by Gasteiger charge is 2.27. The maximum Gasteiger partial charge on any atom is 0.299 e. The molecule has 0 radical (unpaired) electrons. The van der Waals surface area contributed by atoms with Crippen molar-refractivity contribution >= 4 is 5.91 Å². The van der Waals surface area contributed by atoms with Crippen LogP contribution in [0, 0.1) is 17.8 Å². The topological polar surface area (TPSA) is 46.3 Å². The third-order valence-corrected chi connectivity index (χ3v) is 3.60. The van der Waals surface area contributed by atoms with Crippen LogP contribution in [0.2, 0.25) is 0 Å². The molecule has 1 aromatic carbocycles. The van der Waals surface area contributed by atoms with Gasteiger partial charge in [-0.3, -0.25) is 4.79 Å². The Hall–Kier alpha value is -1.79. The molecule has 2 unspecified atom stereocenters. The standard InChI is InChI=1S/C16H20N2O/c1-13-9-10-18(15(11-13)12-17)16(19)8-7-14-5-3-2-4-6-14/h2-6,13,15H,9-12,17H2,1H3. The highest BCUT2D eigenvalue weighted by atomic mass is 16.2. The van der Waals surface area contributed by atoms with E-state index in [-0.39, 0.29) is 11.9 Å². The van der Waals surface area contributed by atoms with Crippen molar-refractivity contribution in [2.75, 3.05) is 13.1 Å². The van der Waals surface area contributed by atoms with Gasteiger partial charge in [0.2, 0.25) is 0 Å². The lowest BCUT2D eigenvalue weighted by Gasteiger charge is -2.36. The van der Waals surface area contributed by atoms with E-state index in [2.05, 4.69) is 18.8 Å². The molecule has 2 N–H and O–H groups in total. The molecule has 1 heterocycles. The van der Waals surface area contributed by atoms with Gasteiger partial charge in [0.15, 0.2) is 0 Å². The number of hydrogen-bond acceptors (Lipinski definition) is 2. The number of rotatable bonds is 1. The fourth-order valence-corrected chi connectivity index (χ4v) is 2.46. The summed E-state index contributed by atoms with van der Waals surface area (Å²) < 4.78 is 0. The Kier molecular flexibility index (Phi) is 4.59. The van der Waals surface area contributed by atoms with Crippen LogP contribution in [0.3, 0.4) is 0 Å². The molecule has 2 rings (SSSR count).